The Labute approximate surface area is 109 Å². The second kappa shape index (κ2) is 5.93. The van der Waals surface area contributed by atoms with Crippen molar-refractivity contribution in [3.05, 3.63) is 27.4 Å². The zero-order valence-electron chi connectivity index (χ0n) is 9.10. The van der Waals surface area contributed by atoms with Gasteiger partial charge in [0.2, 0.25) is 5.28 Å². The zero-order valence-corrected chi connectivity index (χ0v) is 10.6. The van der Waals surface area contributed by atoms with Crippen molar-refractivity contribution in [3.8, 4) is 0 Å². The van der Waals surface area contributed by atoms with Crippen molar-refractivity contribution in [1.82, 2.24) is 15.0 Å². The first-order valence-electron chi connectivity index (χ1n) is 5.32. The molecule has 1 aliphatic rings. The Balaban J connectivity index is 1.78. The van der Waals surface area contributed by atoms with Crippen molar-refractivity contribution < 1.29 is 4.74 Å². The highest BCUT2D eigenvalue weighted by Gasteiger charge is 2.16. The molecule has 7 heteroatoms. The van der Waals surface area contributed by atoms with Crippen molar-refractivity contribution in [1.29, 1.82) is 0 Å². The van der Waals surface area contributed by atoms with Crippen molar-refractivity contribution in [2.45, 2.75) is 13.0 Å². The van der Waals surface area contributed by atoms with E-state index in [1.807, 2.05) is 0 Å². The lowest BCUT2D eigenvalue weighted by molar-refractivity contribution is 0.0900. The van der Waals surface area contributed by atoms with Gasteiger partial charge in [0, 0.05) is 11.8 Å². The third kappa shape index (κ3) is 3.76. The van der Waals surface area contributed by atoms with Crippen LogP contribution < -0.4 is 0 Å². The molecular formula is C10H12Cl2N3O2-. The molecule has 17 heavy (non-hydrogen) atoms. The van der Waals surface area contributed by atoms with E-state index in [1.54, 1.807) is 6.20 Å². The predicted molar refractivity (Wildman–Crippen MR) is 64.8 cm³/mol. The van der Waals surface area contributed by atoms with Gasteiger partial charge in [-0.2, -0.15) is 0 Å². The van der Waals surface area contributed by atoms with Crippen LogP contribution in [0.4, 0.5) is 0 Å². The Bertz CT molecular complexity index is 392. The maximum absolute atomic E-state index is 11.0. The van der Waals surface area contributed by atoms with Gasteiger partial charge < -0.3 is 15.0 Å². The van der Waals surface area contributed by atoms with E-state index in [0.717, 1.165) is 11.5 Å². The van der Waals surface area contributed by atoms with Crippen LogP contribution in [0.25, 0.3) is 0 Å². The molecule has 0 amide bonds. The molecule has 1 aromatic rings. The Morgan fingerprint density at radius 2 is 2.35 bits per heavy atom. The van der Waals surface area contributed by atoms with Crippen LogP contribution in [0.3, 0.4) is 0 Å². The van der Waals surface area contributed by atoms with Gasteiger partial charge in [0.1, 0.15) is 5.15 Å². The van der Waals surface area contributed by atoms with Gasteiger partial charge in [-0.15, -0.1) is 0 Å². The normalized spacial score (nSPS) is 21.0. The molecular weight excluding hydrogens is 265 g/mol. The highest BCUT2D eigenvalue weighted by atomic mass is 35.5. The van der Waals surface area contributed by atoms with E-state index in [1.165, 1.54) is 0 Å². The Kier molecular flexibility index (Phi) is 4.53. The fraction of sp³-hybridized carbons (Fsp3) is 0.600. The molecule has 2 rings (SSSR count). The third-order valence-electron chi connectivity index (χ3n) is 2.64. The molecule has 0 saturated carbocycles. The monoisotopic (exact) mass is 276 g/mol. The van der Waals surface area contributed by atoms with Gasteiger partial charge in [-0.1, -0.05) is 11.6 Å². The Morgan fingerprint density at radius 1 is 1.53 bits per heavy atom. The van der Waals surface area contributed by atoms with Gasteiger partial charge in [0.15, 0.2) is 0 Å². The molecule has 0 aromatic carbocycles. The smallest absolute Gasteiger partial charge is 0.223 e. The number of hydroxylamine groups is 2. The van der Waals surface area contributed by atoms with E-state index in [9.17, 15) is 5.21 Å². The predicted octanol–water partition coefficient (Wildman–Crippen LogP) is 2.12. The molecule has 5 nitrogen and oxygen atoms in total. The third-order valence-corrected chi connectivity index (χ3v) is 3.15. The molecule has 0 radical (unpaired) electrons. The molecule has 1 fully saturated rings. The maximum Gasteiger partial charge on any atom is 0.223 e. The van der Waals surface area contributed by atoms with Gasteiger partial charge in [-0.3, -0.25) is 0 Å². The highest BCUT2D eigenvalue weighted by Crippen LogP contribution is 2.18. The summed E-state index contributed by atoms with van der Waals surface area (Å²) >= 11 is 11.5. The molecule has 1 aliphatic heterocycles. The highest BCUT2D eigenvalue weighted by molar-refractivity contribution is 6.32. The topological polar surface area (TPSA) is 61.3 Å². The zero-order chi connectivity index (χ0) is 12.3. The molecule has 0 spiro atoms. The average Bonchev–Trinajstić information content (AvgIpc) is 2.68. The summed E-state index contributed by atoms with van der Waals surface area (Å²) in [5.41, 5.74) is 0.702. The van der Waals surface area contributed by atoms with Gasteiger partial charge in [-0.25, -0.2) is 9.97 Å². The first-order chi connectivity index (χ1) is 8.15. The second-order valence-corrected chi connectivity index (χ2v) is 4.71. The van der Waals surface area contributed by atoms with Crippen molar-refractivity contribution in [3.63, 3.8) is 0 Å². The van der Waals surface area contributed by atoms with Crippen molar-refractivity contribution in [2.75, 3.05) is 19.7 Å². The lowest BCUT2D eigenvalue weighted by atomic mass is 10.1. The molecule has 0 aliphatic carbocycles. The van der Waals surface area contributed by atoms with E-state index in [2.05, 4.69) is 9.97 Å². The maximum atomic E-state index is 11.0. The van der Waals surface area contributed by atoms with Crippen LogP contribution in [0.1, 0.15) is 12.0 Å². The van der Waals surface area contributed by atoms with E-state index in [4.69, 9.17) is 27.9 Å². The number of ether oxygens (including phenoxy) is 1. The van der Waals surface area contributed by atoms with Crippen LogP contribution in [0.2, 0.25) is 10.4 Å². The Hall–Kier alpha value is -0.460. The van der Waals surface area contributed by atoms with Gasteiger partial charge in [0.25, 0.3) is 0 Å². The quantitative estimate of drug-likeness (QED) is 0.623. The van der Waals surface area contributed by atoms with Crippen LogP contribution in [-0.4, -0.2) is 34.7 Å². The summed E-state index contributed by atoms with van der Waals surface area (Å²) in [6, 6.07) is 0. The fourth-order valence-corrected chi connectivity index (χ4v) is 2.09. The fourth-order valence-electron chi connectivity index (χ4n) is 1.73. The molecule has 1 saturated heterocycles. The SMILES string of the molecule is [O-]N1CC[C@H](COCc2cnc(Cl)nc2Cl)C1. The number of aromatic nitrogens is 2. The van der Waals surface area contributed by atoms with E-state index in [0.29, 0.717) is 42.9 Å². The van der Waals surface area contributed by atoms with Gasteiger partial charge >= 0.3 is 0 Å². The van der Waals surface area contributed by atoms with Crippen molar-refractivity contribution in [2.24, 2.45) is 5.92 Å². The molecule has 1 atom stereocenters. The molecule has 0 bridgehead atoms. The van der Waals surface area contributed by atoms with Crippen molar-refractivity contribution >= 4 is 23.2 Å². The van der Waals surface area contributed by atoms with Crippen LogP contribution in [-0.2, 0) is 11.3 Å². The standard InChI is InChI=1S/C10H12Cl2N3O2/c11-9-8(3-13-10(12)14-9)6-17-5-7-1-2-15(16)4-7/h3,7H,1-2,4-6H2/q-1/t7-/m0/s1. The lowest BCUT2D eigenvalue weighted by Gasteiger charge is -2.20. The lowest BCUT2D eigenvalue weighted by Crippen LogP contribution is -2.15. The molecule has 0 unspecified atom stereocenters. The number of hydrogen-bond donors (Lipinski definition) is 0. The molecule has 94 valence electrons. The summed E-state index contributed by atoms with van der Waals surface area (Å²) < 4.78 is 5.50. The minimum absolute atomic E-state index is 0.122. The summed E-state index contributed by atoms with van der Waals surface area (Å²) in [6.07, 6.45) is 2.43. The van der Waals surface area contributed by atoms with Crippen LogP contribution >= 0.6 is 23.2 Å². The largest absolute Gasteiger partial charge is 0.785 e. The minimum Gasteiger partial charge on any atom is -0.785 e. The molecule has 1 aromatic heterocycles. The summed E-state index contributed by atoms with van der Waals surface area (Å²) in [4.78, 5) is 7.65. The van der Waals surface area contributed by atoms with E-state index in [-0.39, 0.29) is 5.28 Å². The van der Waals surface area contributed by atoms with Crippen LogP contribution in [0.5, 0.6) is 0 Å². The minimum atomic E-state index is 0.122. The average molecular weight is 277 g/mol. The second-order valence-electron chi connectivity index (χ2n) is 4.01. The Morgan fingerprint density at radius 3 is 3.00 bits per heavy atom. The van der Waals surface area contributed by atoms with E-state index < -0.39 is 0 Å². The summed E-state index contributed by atoms with van der Waals surface area (Å²) in [6.45, 7) is 2.03. The molecule has 2 heterocycles. The number of halogens is 2. The summed E-state index contributed by atoms with van der Waals surface area (Å²) in [7, 11) is 0. The number of rotatable bonds is 4. The number of nitrogens with zero attached hydrogens (tertiary/aromatic N) is 3. The molecule has 0 N–H and O–H groups in total. The van der Waals surface area contributed by atoms with Gasteiger partial charge in [0.05, 0.1) is 13.2 Å². The summed E-state index contributed by atoms with van der Waals surface area (Å²) in [5, 5.41) is 12.5. The van der Waals surface area contributed by atoms with Crippen LogP contribution in [0.15, 0.2) is 6.20 Å². The van der Waals surface area contributed by atoms with Crippen LogP contribution in [0, 0.1) is 11.1 Å². The van der Waals surface area contributed by atoms with E-state index >= 15 is 0 Å². The number of hydrogen-bond acceptors (Lipinski definition) is 5. The summed E-state index contributed by atoms with van der Waals surface area (Å²) in [5.74, 6) is 0.305. The first-order valence-corrected chi connectivity index (χ1v) is 6.07. The first kappa shape index (κ1) is 13.0. The van der Waals surface area contributed by atoms with Gasteiger partial charge in [-0.05, 0) is 37.0 Å².